The van der Waals surface area contributed by atoms with Crippen LogP contribution in [0, 0.1) is 5.82 Å². The Labute approximate surface area is 265 Å². The van der Waals surface area contributed by atoms with Gasteiger partial charge < -0.3 is 14.0 Å². The van der Waals surface area contributed by atoms with E-state index in [1.165, 1.54) is 28.3 Å². The van der Waals surface area contributed by atoms with Gasteiger partial charge in [0.05, 0.1) is 22.1 Å². The Morgan fingerprint density at radius 3 is 1.46 bits per heavy atom. The lowest BCUT2D eigenvalue weighted by molar-refractivity contribution is 0.628. The van der Waals surface area contributed by atoms with Crippen LogP contribution in [-0.4, -0.2) is 9.13 Å². The van der Waals surface area contributed by atoms with Gasteiger partial charge in [-0.05, 0) is 91.0 Å². The zero-order valence-corrected chi connectivity index (χ0v) is 24.9. The van der Waals surface area contributed by atoms with Gasteiger partial charge in [-0.1, -0.05) is 78.9 Å². The topological polar surface area (TPSA) is 13.1 Å². The lowest BCUT2D eigenvalue weighted by atomic mass is 10.1. The van der Waals surface area contributed by atoms with E-state index in [1.54, 1.807) is 0 Å². The maximum Gasteiger partial charge on any atom is 0.123 e. The second kappa shape index (κ2) is 10.5. The summed E-state index contributed by atoms with van der Waals surface area (Å²) in [7, 11) is 0. The Morgan fingerprint density at radius 2 is 0.804 bits per heavy atom. The standard InChI is InChI=1S/C42H28FN3/c43-29-19-21-32(22-20-29)44(33-24-26-41-38(27-33)36-16-8-10-18-40(36)45(41)30-11-3-1-4-12-30)34-23-25-37-35-15-7-9-17-39(35)46(42(37)28-34)31-13-5-2-6-14-31/h1-28H. The predicted molar refractivity (Wildman–Crippen MR) is 190 cm³/mol. The number of nitrogens with zero attached hydrogens (tertiary/aromatic N) is 3. The maximum atomic E-state index is 14.2. The summed E-state index contributed by atoms with van der Waals surface area (Å²) in [5, 5.41) is 4.73. The summed E-state index contributed by atoms with van der Waals surface area (Å²) in [6.45, 7) is 0. The molecule has 4 heteroatoms. The fourth-order valence-electron chi connectivity index (χ4n) is 6.95. The number of halogens is 1. The Bertz CT molecular complexity index is 2530. The molecule has 0 N–H and O–H groups in total. The van der Waals surface area contributed by atoms with Gasteiger partial charge in [0.25, 0.3) is 0 Å². The third kappa shape index (κ3) is 4.11. The normalized spacial score (nSPS) is 11.6. The third-order valence-electron chi connectivity index (χ3n) is 8.94. The molecule has 218 valence electrons. The molecule has 0 radical (unpaired) electrons. The number of para-hydroxylation sites is 4. The smallest absolute Gasteiger partial charge is 0.123 e. The van der Waals surface area contributed by atoms with Gasteiger partial charge in [0.15, 0.2) is 0 Å². The summed E-state index contributed by atoms with van der Waals surface area (Å²) in [4.78, 5) is 2.22. The monoisotopic (exact) mass is 593 g/mol. The number of rotatable bonds is 5. The van der Waals surface area contributed by atoms with Crippen molar-refractivity contribution < 1.29 is 4.39 Å². The van der Waals surface area contributed by atoms with Crippen LogP contribution in [0.2, 0.25) is 0 Å². The minimum absolute atomic E-state index is 0.260. The van der Waals surface area contributed by atoms with Crippen LogP contribution in [0.25, 0.3) is 55.0 Å². The van der Waals surface area contributed by atoms with E-state index < -0.39 is 0 Å². The number of fused-ring (bicyclic) bond motifs is 6. The Hall–Kier alpha value is -6.13. The highest BCUT2D eigenvalue weighted by atomic mass is 19.1. The van der Waals surface area contributed by atoms with Crippen molar-refractivity contribution in [3.8, 4) is 11.4 Å². The van der Waals surface area contributed by atoms with Crippen LogP contribution in [0.1, 0.15) is 0 Å². The molecule has 0 fully saturated rings. The molecule has 0 aliphatic heterocycles. The highest BCUT2D eigenvalue weighted by molar-refractivity contribution is 6.12. The molecule has 3 nitrogen and oxygen atoms in total. The molecule has 0 aliphatic rings. The molecule has 0 saturated heterocycles. The summed E-state index contributed by atoms with van der Waals surface area (Å²) in [5.74, 6) is -0.260. The quantitative estimate of drug-likeness (QED) is 0.193. The van der Waals surface area contributed by atoms with E-state index in [4.69, 9.17) is 0 Å². The molecule has 9 aromatic rings. The van der Waals surface area contributed by atoms with Gasteiger partial charge in [0.1, 0.15) is 5.82 Å². The van der Waals surface area contributed by atoms with E-state index in [0.29, 0.717) is 0 Å². The minimum Gasteiger partial charge on any atom is -0.310 e. The summed E-state index contributed by atoms with van der Waals surface area (Å²) >= 11 is 0. The molecule has 0 amide bonds. The van der Waals surface area contributed by atoms with Crippen molar-refractivity contribution in [3.05, 3.63) is 176 Å². The number of benzene rings is 7. The van der Waals surface area contributed by atoms with Crippen molar-refractivity contribution in [2.24, 2.45) is 0 Å². The first-order chi connectivity index (χ1) is 22.7. The number of anilines is 3. The van der Waals surface area contributed by atoms with Gasteiger partial charge in [-0.3, -0.25) is 0 Å². The molecule has 2 aromatic heterocycles. The van der Waals surface area contributed by atoms with Crippen molar-refractivity contribution in [1.29, 1.82) is 0 Å². The van der Waals surface area contributed by atoms with Crippen molar-refractivity contribution in [2.45, 2.75) is 0 Å². The molecular formula is C42H28FN3. The molecule has 2 heterocycles. The predicted octanol–water partition coefficient (Wildman–Crippen LogP) is 11.5. The van der Waals surface area contributed by atoms with E-state index in [2.05, 4.69) is 147 Å². The Kier molecular flexibility index (Phi) is 6.00. The summed E-state index contributed by atoms with van der Waals surface area (Å²) in [6, 6.07) is 58.1. The van der Waals surface area contributed by atoms with Gasteiger partial charge in [0, 0.05) is 50.0 Å². The summed E-state index contributed by atoms with van der Waals surface area (Å²) in [6.07, 6.45) is 0. The minimum atomic E-state index is -0.260. The molecule has 0 spiro atoms. The molecule has 0 atom stereocenters. The fraction of sp³-hybridized carbons (Fsp3) is 0. The summed E-state index contributed by atoms with van der Waals surface area (Å²) < 4.78 is 18.9. The van der Waals surface area contributed by atoms with E-state index in [9.17, 15) is 4.39 Å². The van der Waals surface area contributed by atoms with Crippen LogP contribution in [0.3, 0.4) is 0 Å². The largest absolute Gasteiger partial charge is 0.310 e. The molecule has 7 aromatic carbocycles. The van der Waals surface area contributed by atoms with Crippen LogP contribution in [0.15, 0.2) is 170 Å². The second-order valence-electron chi connectivity index (χ2n) is 11.6. The fourth-order valence-corrected chi connectivity index (χ4v) is 6.95. The van der Waals surface area contributed by atoms with E-state index in [0.717, 1.165) is 55.9 Å². The van der Waals surface area contributed by atoms with Crippen LogP contribution >= 0.6 is 0 Å². The van der Waals surface area contributed by atoms with Crippen LogP contribution in [0.4, 0.5) is 21.5 Å². The second-order valence-corrected chi connectivity index (χ2v) is 11.6. The molecular weight excluding hydrogens is 565 g/mol. The van der Waals surface area contributed by atoms with E-state index in [1.807, 2.05) is 24.3 Å². The van der Waals surface area contributed by atoms with Gasteiger partial charge in [-0.25, -0.2) is 4.39 Å². The number of hydrogen-bond acceptors (Lipinski definition) is 1. The van der Waals surface area contributed by atoms with E-state index >= 15 is 0 Å². The first-order valence-electron chi connectivity index (χ1n) is 15.5. The average Bonchev–Trinajstić information content (AvgIpc) is 3.62. The maximum absolute atomic E-state index is 14.2. The Balaban J connectivity index is 1.30. The van der Waals surface area contributed by atoms with Crippen LogP contribution in [0.5, 0.6) is 0 Å². The first kappa shape index (κ1) is 26.3. The van der Waals surface area contributed by atoms with Crippen molar-refractivity contribution in [1.82, 2.24) is 9.13 Å². The van der Waals surface area contributed by atoms with Crippen molar-refractivity contribution >= 4 is 60.7 Å². The van der Waals surface area contributed by atoms with Gasteiger partial charge in [0.2, 0.25) is 0 Å². The zero-order chi connectivity index (χ0) is 30.6. The highest BCUT2D eigenvalue weighted by Crippen LogP contribution is 2.42. The SMILES string of the molecule is Fc1ccc(N(c2ccc3c(c2)c2ccccc2n3-c2ccccc2)c2ccc3c4ccccc4n(-c4ccccc4)c3c2)cc1. The lowest BCUT2D eigenvalue weighted by Crippen LogP contribution is -2.10. The molecule has 0 bridgehead atoms. The van der Waals surface area contributed by atoms with Crippen LogP contribution in [-0.2, 0) is 0 Å². The molecule has 46 heavy (non-hydrogen) atoms. The van der Waals surface area contributed by atoms with Gasteiger partial charge >= 0.3 is 0 Å². The number of hydrogen-bond donors (Lipinski definition) is 0. The van der Waals surface area contributed by atoms with E-state index in [-0.39, 0.29) is 5.82 Å². The molecule has 9 rings (SSSR count). The third-order valence-corrected chi connectivity index (χ3v) is 8.94. The van der Waals surface area contributed by atoms with Gasteiger partial charge in [-0.15, -0.1) is 0 Å². The lowest BCUT2D eigenvalue weighted by Gasteiger charge is -2.26. The van der Waals surface area contributed by atoms with Crippen molar-refractivity contribution in [3.63, 3.8) is 0 Å². The molecule has 0 aliphatic carbocycles. The number of aromatic nitrogens is 2. The first-order valence-corrected chi connectivity index (χ1v) is 15.5. The van der Waals surface area contributed by atoms with Crippen LogP contribution < -0.4 is 4.90 Å². The molecule has 0 saturated carbocycles. The summed E-state index contributed by atoms with van der Waals surface area (Å²) in [5.41, 5.74) is 9.66. The average molecular weight is 594 g/mol. The zero-order valence-electron chi connectivity index (χ0n) is 24.9. The Morgan fingerprint density at radius 1 is 0.348 bits per heavy atom. The van der Waals surface area contributed by atoms with Crippen molar-refractivity contribution in [2.75, 3.05) is 4.90 Å². The highest BCUT2D eigenvalue weighted by Gasteiger charge is 2.19. The molecule has 0 unspecified atom stereocenters. The van der Waals surface area contributed by atoms with Gasteiger partial charge in [-0.2, -0.15) is 0 Å².